The second kappa shape index (κ2) is 6.01. The number of carboxylic acid groups (broad SMARTS) is 1. The SMILES string of the molecule is O=C(O)C(O)=CC(=O)c1cc(S(=O)(=O)c2ccc(F)cc2)n[nH]1. The predicted octanol–water partition coefficient (Wildman–Crippen LogP) is 1.09. The summed E-state index contributed by atoms with van der Waals surface area (Å²) in [6.07, 6.45) is 0.407. The van der Waals surface area contributed by atoms with Crippen molar-refractivity contribution < 1.29 is 32.6 Å². The van der Waals surface area contributed by atoms with Crippen LogP contribution in [0.3, 0.4) is 0 Å². The highest BCUT2D eigenvalue weighted by Crippen LogP contribution is 2.20. The number of aromatic amines is 1. The molecule has 0 amide bonds. The van der Waals surface area contributed by atoms with Crippen molar-refractivity contribution in [3.8, 4) is 0 Å². The summed E-state index contributed by atoms with van der Waals surface area (Å²) in [4.78, 5) is 21.9. The molecule has 8 nitrogen and oxygen atoms in total. The molecule has 0 fully saturated rings. The number of ketones is 1. The number of sulfone groups is 1. The van der Waals surface area contributed by atoms with Crippen molar-refractivity contribution in [3.63, 3.8) is 0 Å². The van der Waals surface area contributed by atoms with Gasteiger partial charge in [0.25, 0.3) is 0 Å². The van der Waals surface area contributed by atoms with Gasteiger partial charge in [0.15, 0.2) is 5.03 Å². The van der Waals surface area contributed by atoms with Crippen molar-refractivity contribution in [2.75, 3.05) is 0 Å². The standard InChI is InChI=1S/C13H9FN2O6S/c14-7-1-3-8(4-2-7)23(21,22)12-5-9(15-16-12)10(17)6-11(18)13(19)20/h1-6,18H,(H,15,16)(H,19,20). The fourth-order valence-electron chi connectivity index (χ4n) is 1.57. The van der Waals surface area contributed by atoms with Crippen LogP contribution < -0.4 is 0 Å². The number of hydrogen-bond donors (Lipinski definition) is 3. The third-order valence-corrected chi connectivity index (χ3v) is 4.36. The molecule has 2 aromatic rings. The lowest BCUT2D eigenvalue weighted by atomic mass is 10.2. The molecule has 10 heteroatoms. The Kier molecular flexibility index (Phi) is 4.27. The van der Waals surface area contributed by atoms with Gasteiger partial charge in [-0.25, -0.2) is 17.6 Å². The van der Waals surface area contributed by atoms with Crippen LogP contribution in [-0.2, 0) is 14.6 Å². The van der Waals surface area contributed by atoms with Crippen molar-refractivity contribution in [3.05, 3.63) is 53.7 Å². The molecule has 1 aromatic carbocycles. The van der Waals surface area contributed by atoms with Crippen LogP contribution in [0.1, 0.15) is 10.5 Å². The molecule has 0 saturated heterocycles. The Balaban J connectivity index is 2.35. The lowest BCUT2D eigenvalue weighted by Crippen LogP contribution is -2.04. The van der Waals surface area contributed by atoms with E-state index in [1.807, 2.05) is 0 Å². The molecular formula is C13H9FN2O6S. The molecule has 0 saturated carbocycles. The molecule has 0 spiro atoms. The van der Waals surface area contributed by atoms with Gasteiger partial charge in [-0.3, -0.25) is 9.89 Å². The van der Waals surface area contributed by atoms with Crippen LogP contribution in [0.25, 0.3) is 0 Å². The Hall–Kier alpha value is -3.01. The van der Waals surface area contributed by atoms with E-state index in [0.29, 0.717) is 6.08 Å². The molecule has 0 aliphatic carbocycles. The van der Waals surface area contributed by atoms with E-state index in [-0.39, 0.29) is 10.6 Å². The highest BCUT2D eigenvalue weighted by Gasteiger charge is 2.23. The van der Waals surface area contributed by atoms with Crippen molar-refractivity contribution in [2.24, 2.45) is 0 Å². The fourth-order valence-corrected chi connectivity index (χ4v) is 2.74. The zero-order valence-corrected chi connectivity index (χ0v) is 12.0. The first kappa shape index (κ1) is 16.4. The van der Waals surface area contributed by atoms with E-state index in [1.165, 1.54) is 0 Å². The number of allylic oxidation sites excluding steroid dienone is 1. The molecule has 0 bridgehead atoms. The van der Waals surface area contributed by atoms with Gasteiger partial charge in [0.1, 0.15) is 11.5 Å². The number of nitrogens with one attached hydrogen (secondary N) is 1. The van der Waals surface area contributed by atoms with E-state index in [4.69, 9.17) is 10.2 Å². The second-order valence-corrected chi connectivity index (χ2v) is 6.17. The number of halogens is 1. The maximum Gasteiger partial charge on any atom is 0.371 e. The van der Waals surface area contributed by atoms with E-state index in [1.54, 1.807) is 0 Å². The van der Waals surface area contributed by atoms with Gasteiger partial charge in [-0.2, -0.15) is 5.10 Å². The van der Waals surface area contributed by atoms with E-state index in [0.717, 1.165) is 30.3 Å². The number of carboxylic acids is 1. The summed E-state index contributed by atoms with van der Waals surface area (Å²) >= 11 is 0. The average Bonchev–Trinajstić information content (AvgIpc) is 2.98. The monoisotopic (exact) mass is 340 g/mol. The van der Waals surface area contributed by atoms with E-state index in [2.05, 4.69) is 10.2 Å². The first-order valence-corrected chi connectivity index (χ1v) is 7.44. The summed E-state index contributed by atoms with van der Waals surface area (Å²) in [6, 6.07) is 4.87. The number of aliphatic carboxylic acids is 1. The minimum Gasteiger partial charge on any atom is -0.502 e. The van der Waals surface area contributed by atoms with E-state index >= 15 is 0 Å². The summed E-state index contributed by atoms with van der Waals surface area (Å²) in [7, 11) is -4.07. The molecule has 3 N–H and O–H groups in total. The average molecular weight is 340 g/mol. The molecule has 1 heterocycles. The van der Waals surface area contributed by atoms with Crippen molar-refractivity contribution in [2.45, 2.75) is 9.92 Å². The number of aromatic nitrogens is 2. The lowest BCUT2D eigenvalue weighted by Gasteiger charge is -1.99. The number of aliphatic hydroxyl groups excluding tert-OH is 1. The number of carbonyl (C=O) groups is 2. The minimum absolute atomic E-state index is 0.228. The number of rotatable bonds is 5. The Bertz CT molecular complexity index is 899. The van der Waals surface area contributed by atoms with Crippen LogP contribution in [0.15, 0.2) is 52.1 Å². The third kappa shape index (κ3) is 3.43. The molecule has 0 radical (unpaired) electrons. The molecule has 2 rings (SSSR count). The van der Waals surface area contributed by atoms with Gasteiger partial charge in [0.2, 0.25) is 21.4 Å². The van der Waals surface area contributed by atoms with Crippen LogP contribution >= 0.6 is 0 Å². The number of carbonyl (C=O) groups excluding carboxylic acids is 1. The Morgan fingerprint density at radius 1 is 1.17 bits per heavy atom. The van der Waals surface area contributed by atoms with Gasteiger partial charge in [0.05, 0.1) is 4.90 Å². The Morgan fingerprint density at radius 3 is 2.35 bits per heavy atom. The van der Waals surface area contributed by atoms with E-state index < -0.39 is 38.2 Å². The highest BCUT2D eigenvalue weighted by molar-refractivity contribution is 7.91. The van der Waals surface area contributed by atoms with Crippen LogP contribution in [-0.4, -0.2) is 40.6 Å². The molecular weight excluding hydrogens is 331 g/mol. The normalized spacial score (nSPS) is 12.1. The first-order valence-electron chi connectivity index (χ1n) is 5.96. The van der Waals surface area contributed by atoms with Gasteiger partial charge in [-0.15, -0.1) is 0 Å². The number of aliphatic hydroxyl groups is 1. The van der Waals surface area contributed by atoms with Crippen molar-refractivity contribution in [1.29, 1.82) is 0 Å². The van der Waals surface area contributed by atoms with Crippen molar-refractivity contribution in [1.82, 2.24) is 10.2 Å². The Morgan fingerprint density at radius 2 is 1.78 bits per heavy atom. The number of H-pyrrole nitrogens is 1. The molecule has 0 aliphatic rings. The minimum atomic E-state index is -4.07. The zero-order chi connectivity index (χ0) is 17.2. The van der Waals surface area contributed by atoms with Gasteiger partial charge in [-0.05, 0) is 24.3 Å². The summed E-state index contributed by atoms with van der Waals surface area (Å²) in [6.45, 7) is 0. The largest absolute Gasteiger partial charge is 0.502 e. The Labute approximate surface area is 128 Å². The summed E-state index contributed by atoms with van der Waals surface area (Å²) in [5.74, 6) is -4.50. The fraction of sp³-hybridized carbons (Fsp3) is 0. The molecule has 23 heavy (non-hydrogen) atoms. The van der Waals surface area contributed by atoms with Crippen LogP contribution in [0, 0.1) is 5.82 Å². The smallest absolute Gasteiger partial charge is 0.371 e. The summed E-state index contributed by atoms with van der Waals surface area (Å²) < 4.78 is 37.3. The summed E-state index contributed by atoms with van der Waals surface area (Å²) in [5, 5.41) is 22.5. The quantitative estimate of drug-likeness (QED) is 0.320. The molecule has 0 aliphatic heterocycles. The van der Waals surface area contributed by atoms with Crippen LogP contribution in [0.2, 0.25) is 0 Å². The van der Waals surface area contributed by atoms with Crippen LogP contribution in [0.4, 0.5) is 4.39 Å². The van der Waals surface area contributed by atoms with Crippen LogP contribution in [0.5, 0.6) is 0 Å². The first-order chi connectivity index (χ1) is 10.7. The maximum atomic E-state index is 12.8. The predicted molar refractivity (Wildman–Crippen MR) is 73.1 cm³/mol. The molecule has 0 atom stereocenters. The lowest BCUT2D eigenvalue weighted by molar-refractivity contribution is -0.135. The number of nitrogens with zero attached hydrogens (tertiary/aromatic N) is 1. The van der Waals surface area contributed by atoms with Gasteiger partial charge < -0.3 is 10.2 Å². The topological polar surface area (TPSA) is 137 Å². The molecule has 1 aromatic heterocycles. The number of benzene rings is 1. The van der Waals surface area contributed by atoms with Gasteiger partial charge in [-0.1, -0.05) is 0 Å². The zero-order valence-electron chi connectivity index (χ0n) is 11.2. The molecule has 120 valence electrons. The highest BCUT2D eigenvalue weighted by atomic mass is 32.2. The summed E-state index contributed by atoms with van der Waals surface area (Å²) in [5.41, 5.74) is -0.335. The van der Waals surface area contributed by atoms with Gasteiger partial charge >= 0.3 is 5.97 Å². The third-order valence-electron chi connectivity index (χ3n) is 2.71. The second-order valence-electron chi connectivity index (χ2n) is 4.28. The maximum absolute atomic E-state index is 12.8. The van der Waals surface area contributed by atoms with Crippen molar-refractivity contribution >= 4 is 21.6 Å². The number of hydrogen-bond acceptors (Lipinski definition) is 6. The van der Waals surface area contributed by atoms with E-state index in [9.17, 15) is 22.4 Å². The van der Waals surface area contributed by atoms with Gasteiger partial charge in [0, 0.05) is 12.1 Å². The molecule has 0 unspecified atom stereocenters.